The van der Waals surface area contributed by atoms with Crippen molar-refractivity contribution in [3.8, 4) is 11.3 Å². The Balaban J connectivity index is 1.71. The lowest BCUT2D eigenvalue weighted by Gasteiger charge is -2.23. The van der Waals surface area contributed by atoms with Crippen LogP contribution in [0.5, 0.6) is 0 Å². The van der Waals surface area contributed by atoms with Gasteiger partial charge in [0, 0.05) is 23.0 Å². The molecule has 0 atom stereocenters. The summed E-state index contributed by atoms with van der Waals surface area (Å²) in [5, 5.41) is 5.34. The Labute approximate surface area is 191 Å². The van der Waals surface area contributed by atoms with Crippen molar-refractivity contribution in [1.82, 2.24) is 14.8 Å². The normalized spacial score (nSPS) is 14.1. The minimum Gasteiger partial charge on any atom is -0.466 e. The second kappa shape index (κ2) is 8.13. The molecule has 6 nitrogen and oxygen atoms in total. The number of para-hydroxylation sites is 1. The molecule has 0 fully saturated rings. The highest BCUT2D eigenvalue weighted by atomic mass is 32.2. The molecule has 5 rings (SSSR count). The monoisotopic (exact) mass is 446 g/mol. The van der Waals surface area contributed by atoms with E-state index in [2.05, 4.69) is 25.0 Å². The first-order valence-electron chi connectivity index (χ1n) is 10.9. The highest BCUT2D eigenvalue weighted by Crippen LogP contribution is 2.36. The van der Waals surface area contributed by atoms with Crippen LogP contribution in [0.3, 0.4) is 0 Å². The second-order valence-corrected chi connectivity index (χ2v) is 9.57. The standard InChI is InChI=1S/C25H26N4O2S/c1-15(2)29-24-20(14-26-29)19(13-21(27-24)18-12-16(3)31-17(18)4)25(30)28-10-7-11-32-23-9-6-5-8-22(23)28/h5-6,8-9,12-15H,7,10-11H2,1-4H3. The van der Waals surface area contributed by atoms with Crippen LogP contribution in [0.2, 0.25) is 0 Å². The summed E-state index contributed by atoms with van der Waals surface area (Å²) in [6, 6.07) is 12.1. The molecule has 0 N–H and O–H groups in total. The van der Waals surface area contributed by atoms with Gasteiger partial charge >= 0.3 is 0 Å². The van der Waals surface area contributed by atoms with Gasteiger partial charge in [-0.05, 0) is 64.1 Å². The van der Waals surface area contributed by atoms with Gasteiger partial charge in [-0.1, -0.05) is 12.1 Å². The molecule has 3 aromatic heterocycles. The molecule has 0 unspecified atom stereocenters. The number of thioether (sulfide) groups is 1. The van der Waals surface area contributed by atoms with Crippen molar-refractivity contribution in [3.05, 3.63) is 59.7 Å². The van der Waals surface area contributed by atoms with Crippen LogP contribution in [0.4, 0.5) is 5.69 Å². The Kier molecular flexibility index (Phi) is 5.29. The Morgan fingerprint density at radius 3 is 2.75 bits per heavy atom. The third-order valence-corrected chi connectivity index (χ3v) is 6.94. The van der Waals surface area contributed by atoms with E-state index >= 15 is 0 Å². The average molecular weight is 447 g/mol. The molecule has 0 saturated heterocycles. The number of anilines is 1. The Bertz CT molecular complexity index is 1320. The van der Waals surface area contributed by atoms with Crippen LogP contribution >= 0.6 is 11.8 Å². The molecule has 7 heteroatoms. The lowest BCUT2D eigenvalue weighted by atomic mass is 10.1. The maximum Gasteiger partial charge on any atom is 0.259 e. The number of aromatic nitrogens is 3. The van der Waals surface area contributed by atoms with E-state index in [1.807, 2.05) is 65.5 Å². The van der Waals surface area contributed by atoms with Gasteiger partial charge in [0.2, 0.25) is 0 Å². The van der Waals surface area contributed by atoms with Crippen LogP contribution in [0.25, 0.3) is 22.3 Å². The molecule has 1 aliphatic heterocycles. The summed E-state index contributed by atoms with van der Waals surface area (Å²) in [5.41, 5.74) is 3.95. The lowest BCUT2D eigenvalue weighted by molar-refractivity contribution is 0.0988. The third-order valence-electron chi connectivity index (χ3n) is 5.79. The van der Waals surface area contributed by atoms with Crippen LogP contribution in [-0.2, 0) is 0 Å². The summed E-state index contributed by atoms with van der Waals surface area (Å²) in [5.74, 6) is 2.59. The predicted molar refractivity (Wildman–Crippen MR) is 129 cm³/mol. The van der Waals surface area contributed by atoms with Crippen LogP contribution in [0.1, 0.15) is 48.2 Å². The summed E-state index contributed by atoms with van der Waals surface area (Å²) < 4.78 is 7.64. The molecule has 0 aliphatic carbocycles. The number of fused-ring (bicyclic) bond motifs is 2. The van der Waals surface area contributed by atoms with E-state index in [9.17, 15) is 4.79 Å². The van der Waals surface area contributed by atoms with Gasteiger partial charge in [0.15, 0.2) is 5.65 Å². The fourth-order valence-corrected chi connectivity index (χ4v) is 5.27. The third kappa shape index (κ3) is 3.50. The van der Waals surface area contributed by atoms with Crippen LogP contribution in [-0.4, -0.2) is 33.0 Å². The zero-order valence-electron chi connectivity index (χ0n) is 18.8. The molecule has 4 heterocycles. The smallest absolute Gasteiger partial charge is 0.259 e. The number of benzene rings is 1. The van der Waals surface area contributed by atoms with Gasteiger partial charge in [0.1, 0.15) is 11.5 Å². The Hall–Kier alpha value is -3.06. The van der Waals surface area contributed by atoms with Crippen molar-refractivity contribution in [2.45, 2.75) is 45.1 Å². The van der Waals surface area contributed by atoms with Crippen molar-refractivity contribution >= 4 is 34.4 Å². The van der Waals surface area contributed by atoms with E-state index in [0.717, 1.165) is 56.6 Å². The van der Waals surface area contributed by atoms with E-state index in [1.54, 1.807) is 6.20 Å². The van der Waals surface area contributed by atoms with Gasteiger partial charge in [-0.2, -0.15) is 5.10 Å². The molecule has 1 aliphatic rings. The van der Waals surface area contributed by atoms with Crippen molar-refractivity contribution in [2.75, 3.05) is 17.2 Å². The van der Waals surface area contributed by atoms with Crippen molar-refractivity contribution in [1.29, 1.82) is 0 Å². The van der Waals surface area contributed by atoms with Gasteiger partial charge in [-0.25, -0.2) is 9.67 Å². The lowest BCUT2D eigenvalue weighted by Crippen LogP contribution is -2.32. The van der Waals surface area contributed by atoms with Gasteiger partial charge in [0.25, 0.3) is 5.91 Å². The maximum absolute atomic E-state index is 14.0. The number of carbonyl (C=O) groups is 1. The zero-order chi connectivity index (χ0) is 22.4. The van der Waals surface area contributed by atoms with E-state index in [1.165, 1.54) is 0 Å². The highest BCUT2D eigenvalue weighted by molar-refractivity contribution is 7.99. The molecule has 1 amide bonds. The predicted octanol–water partition coefficient (Wildman–Crippen LogP) is 6.03. The SMILES string of the molecule is Cc1cc(-c2cc(C(=O)N3CCCSc4ccccc43)c3cnn(C(C)C)c3n2)c(C)o1. The largest absolute Gasteiger partial charge is 0.466 e. The number of amides is 1. The number of aryl methyl sites for hydroxylation is 2. The first kappa shape index (κ1) is 20.8. The number of pyridine rings is 1. The number of furan rings is 1. The number of nitrogens with zero attached hydrogens (tertiary/aromatic N) is 4. The molecule has 4 aromatic rings. The molecule has 0 radical (unpaired) electrons. The number of hydrogen-bond donors (Lipinski definition) is 0. The second-order valence-electron chi connectivity index (χ2n) is 8.43. The molecule has 0 saturated carbocycles. The Morgan fingerprint density at radius 1 is 1.19 bits per heavy atom. The van der Waals surface area contributed by atoms with Crippen molar-refractivity contribution in [2.24, 2.45) is 0 Å². The van der Waals surface area contributed by atoms with Crippen molar-refractivity contribution < 1.29 is 9.21 Å². The van der Waals surface area contributed by atoms with Gasteiger partial charge < -0.3 is 9.32 Å². The first-order chi connectivity index (χ1) is 15.4. The van der Waals surface area contributed by atoms with Crippen molar-refractivity contribution in [3.63, 3.8) is 0 Å². The van der Waals surface area contributed by atoms with Gasteiger partial charge in [-0.15, -0.1) is 11.8 Å². The number of carbonyl (C=O) groups excluding carboxylic acids is 1. The van der Waals surface area contributed by atoms with E-state index < -0.39 is 0 Å². The van der Waals surface area contributed by atoms with Crippen LogP contribution in [0.15, 0.2) is 51.9 Å². The quantitative estimate of drug-likeness (QED) is 0.384. The van der Waals surface area contributed by atoms with Gasteiger partial charge in [0.05, 0.1) is 28.5 Å². The van der Waals surface area contributed by atoms with Gasteiger partial charge in [-0.3, -0.25) is 4.79 Å². The molecule has 1 aromatic carbocycles. The summed E-state index contributed by atoms with van der Waals surface area (Å²) in [4.78, 5) is 22.0. The zero-order valence-corrected chi connectivity index (χ0v) is 19.6. The van der Waals surface area contributed by atoms with Crippen LogP contribution in [0, 0.1) is 13.8 Å². The molecule has 0 bridgehead atoms. The number of rotatable bonds is 3. The molecule has 32 heavy (non-hydrogen) atoms. The van der Waals surface area contributed by atoms with E-state index in [0.29, 0.717) is 12.1 Å². The summed E-state index contributed by atoms with van der Waals surface area (Å²) >= 11 is 1.81. The molecule has 164 valence electrons. The summed E-state index contributed by atoms with van der Waals surface area (Å²) in [6.07, 6.45) is 2.71. The fourth-order valence-electron chi connectivity index (χ4n) is 4.28. The molecular formula is C25H26N4O2S. The molecular weight excluding hydrogens is 420 g/mol. The average Bonchev–Trinajstić information content (AvgIpc) is 3.28. The Morgan fingerprint density at radius 2 is 2.00 bits per heavy atom. The summed E-state index contributed by atoms with van der Waals surface area (Å²) in [7, 11) is 0. The van der Waals surface area contributed by atoms with Crippen LogP contribution < -0.4 is 4.90 Å². The minimum atomic E-state index is -0.0187. The molecule has 0 spiro atoms. The number of hydrogen-bond acceptors (Lipinski definition) is 5. The fraction of sp³-hybridized carbons (Fsp3) is 0.320. The first-order valence-corrected chi connectivity index (χ1v) is 11.9. The van der Waals surface area contributed by atoms with E-state index in [4.69, 9.17) is 9.40 Å². The minimum absolute atomic E-state index is 0.0187. The maximum atomic E-state index is 14.0. The topological polar surface area (TPSA) is 64.2 Å². The van der Waals surface area contributed by atoms with E-state index in [-0.39, 0.29) is 11.9 Å². The summed E-state index contributed by atoms with van der Waals surface area (Å²) in [6.45, 7) is 8.67. The highest BCUT2D eigenvalue weighted by Gasteiger charge is 2.27.